The van der Waals surface area contributed by atoms with Gasteiger partial charge in [0, 0.05) is 34.4 Å². The molecule has 3 aromatic rings. The van der Waals surface area contributed by atoms with Gasteiger partial charge >= 0.3 is 0 Å². The van der Waals surface area contributed by atoms with E-state index in [2.05, 4.69) is 4.98 Å². The molecule has 0 radical (unpaired) electrons. The number of primary amides is 1. The summed E-state index contributed by atoms with van der Waals surface area (Å²) in [4.78, 5) is 16.3. The quantitative estimate of drug-likeness (QED) is 0.776. The third kappa shape index (κ3) is 2.53. The standard InChI is InChI=1S/C16H13FN2O2S/c17-12-7-11(16(21)15-9(12)3-1-5-19-15)10(8-14(18)20)13-4-2-6-22-13/h1-7,10,21H,8H2,(H2,18,20)/t10-/m1/s1. The summed E-state index contributed by atoms with van der Waals surface area (Å²) in [5.41, 5.74) is 5.82. The topological polar surface area (TPSA) is 76.2 Å². The van der Waals surface area contributed by atoms with Gasteiger partial charge in [0.15, 0.2) is 0 Å². The number of phenolic OH excluding ortho intramolecular Hbond substituents is 1. The van der Waals surface area contributed by atoms with Crippen molar-refractivity contribution in [2.45, 2.75) is 12.3 Å². The molecule has 0 unspecified atom stereocenters. The molecule has 6 heteroatoms. The highest BCUT2D eigenvalue weighted by atomic mass is 32.1. The molecule has 1 atom stereocenters. The molecule has 0 saturated carbocycles. The van der Waals surface area contributed by atoms with Gasteiger partial charge in [-0.05, 0) is 29.6 Å². The highest BCUT2D eigenvalue weighted by Crippen LogP contribution is 2.40. The van der Waals surface area contributed by atoms with E-state index in [4.69, 9.17) is 5.73 Å². The molecule has 4 nitrogen and oxygen atoms in total. The lowest BCUT2D eigenvalue weighted by atomic mass is 9.91. The molecule has 0 saturated heterocycles. The number of pyridine rings is 1. The molecule has 22 heavy (non-hydrogen) atoms. The molecule has 2 aromatic heterocycles. The number of benzene rings is 1. The van der Waals surface area contributed by atoms with Crippen LogP contribution in [-0.4, -0.2) is 16.0 Å². The van der Waals surface area contributed by atoms with E-state index in [1.165, 1.54) is 23.6 Å². The minimum atomic E-state index is -0.515. The Balaban J connectivity index is 2.22. The van der Waals surface area contributed by atoms with E-state index in [9.17, 15) is 14.3 Å². The Kier molecular flexibility index (Phi) is 3.77. The molecular weight excluding hydrogens is 303 g/mol. The predicted octanol–water partition coefficient (Wildman–Crippen LogP) is 3.15. The zero-order valence-electron chi connectivity index (χ0n) is 11.5. The number of nitrogens with two attached hydrogens (primary N) is 1. The number of aromatic nitrogens is 1. The molecule has 0 aliphatic heterocycles. The normalized spacial score (nSPS) is 12.4. The minimum absolute atomic E-state index is 0.00808. The van der Waals surface area contributed by atoms with Crippen LogP contribution >= 0.6 is 11.3 Å². The van der Waals surface area contributed by atoms with Crippen molar-refractivity contribution in [3.05, 3.63) is 58.2 Å². The molecule has 2 heterocycles. The lowest BCUT2D eigenvalue weighted by molar-refractivity contribution is -0.118. The average Bonchev–Trinajstić information content (AvgIpc) is 3.03. The van der Waals surface area contributed by atoms with E-state index in [-0.39, 0.29) is 23.1 Å². The Morgan fingerprint density at radius 3 is 2.91 bits per heavy atom. The van der Waals surface area contributed by atoms with Crippen LogP contribution in [-0.2, 0) is 4.79 Å². The third-order valence-corrected chi connectivity index (χ3v) is 4.50. The number of hydrogen-bond donors (Lipinski definition) is 2. The first kappa shape index (κ1) is 14.5. The largest absolute Gasteiger partial charge is 0.505 e. The van der Waals surface area contributed by atoms with Gasteiger partial charge in [-0.3, -0.25) is 9.78 Å². The van der Waals surface area contributed by atoms with Crippen molar-refractivity contribution in [2.75, 3.05) is 0 Å². The maximum absolute atomic E-state index is 14.3. The van der Waals surface area contributed by atoms with E-state index in [1.807, 2.05) is 17.5 Å². The maximum Gasteiger partial charge on any atom is 0.218 e. The first-order valence-corrected chi connectivity index (χ1v) is 7.53. The van der Waals surface area contributed by atoms with E-state index in [0.29, 0.717) is 5.56 Å². The Morgan fingerprint density at radius 1 is 1.41 bits per heavy atom. The van der Waals surface area contributed by atoms with Crippen LogP contribution in [0.2, 0.25) is 0 Å². The van der Waals surface area contributed by atoms with Crippen LogP contribution in [0.4, 0.5) is 4.39 Å². The van der Waals surface area contributed by atoms with Gasteiger partial charge in [-0.15, -0.1) is 11.3 Å². The Labute approximate surface area is 130 Å². The highest BCUT2D eigenvalue weighted by molar-refractivity contribution is 7.10. The maximum atomic E-state index is 14.3. The molecule has 0 aliphatic carbocycles. The molecule has 1 amide bonds. The van der Waals surface area contributed by atoms with Crippen molar-refractivity contribution in [1.82, 2.24) is 4.98 Å². The Bertz CT molecular complexity index is 834. The van der Waals surface area contributed by atoms with Crippen LogP contribution in [0.1, 0.15) is 22.8 Å². The van der Waals surface area contributed by atoms with Crippen LogP contribution in [0, 0.1) is 5.82 Å². The summed E-state index contributed by atoms with van der Waals surface area (Å²) in [6, 6.07) is 8.08. The predicted molar refractivity (Wildman–Crippen MR) is 83.3 cm³/mol. The fourth-order valence-corrected chi connectivity index (χ4v) is 3.37. The van der Waals surface area contributed by atoms with Crippen molar-refractivity contribution in [2.24, 2.45) is 5.73 Å². The number of phenols is 1. The molecule has 0 aliphatic rings. The lowest BCUT2D eigenvalue weighted by Crippen LogP contribution is -2.16. The molecule has 3 rings (SSSR count). The number of nitrogens with zero attached hydrogens (tertiary/aromatic N) is 1. The van der Waals surface area contributed by atoms with Crippen LogP contribution < -0.4 is 5.73 Å². The first-order valence-electron chi connectivity index (χ1n) is 6.65. The van der Waals surface area contributed by atoms with Gasteiger partial charge in [0.2, 0.25) is 5.91 Å². The zero-order chi connectivity index (χ0) is 15.7. The Morgan fingerprint density at radius 2 is 2.23 bits per heavy atom. The van der Waals surface area contributed by atoms with E-state index in [0.717, 1.165) is 4.88 Å². The van der Waals surface area contributed by atoms with E-state index in [1.54, 1.807) is 12.1 Å². The summed E-state index contributed by atoms with van der Waals surface area (Å²) in [5, 5.41) is 12.6. The second-order valence-corrected chi connectivity index (χ2v) is 5.91. The number of thiophene rings is 1. The molecule has 1 aromatic carbocycles. The number of fused-ring (bicyclic) bond motifs is 1. The van der Waals surface area contributed by atoms with Crippen LogP contribution in [0.5, 0.6) is 5.75 Å². The number of rotatable bonds is 4. The molecule has 0 fully saturated rings. The van der Waals surface area contributed by atoms with E-state index >= 15 is 0 Å². The number of amides is 1. The number of aromatic hydroxyl groups is 1. The summed E-state index contributed by atoms with van der Waals surface area (Å²) in [7, 11) is 0. The highest BCUT2D eigenvalue weighted by Gasteiger charge is 2.24. The first-order chi connectivity index (χ1) is 10.6. The van der Waals surface area contributed by atoms with Crippen LogP contribution in [0.3, 0.4) is 0 Å². The number of carbonyl (C=O) groups excluding carboxylic acids is 1. The monoisotopic (exact) mass is 316 g/mol. The molecule has 3 N–H and O–H groups in total. The number of hydrogen-bond acceptors (Lipinski definition) is 4. The molecule has 0 bridgehead atoms. The van der Waals surface area contributed by atoms with Crippen molar-refractivity contribution >= 4 is 28.1 Å². The summed E-state index contributed by atoms with van der Waals surface area (Å²) < 4.78 is 14.3. The van der Waals surface area contributed by atoms with Crippen LogP contribution in [0.25, 0.3) is 10.9 Å². The third-order valence-electron chi connectivity index (χ3n) is 3.51. The number of carbonyl (C=O) groups is 1. The fourth-order valence-electron chi connectivity index (χ4n) is 2.53. The SMILES string of the molecule is NC(=O)C[C@@H](c1cccs1)c1cc(F)c2cccnc2c1O. The average molecular weight is 316 g/mol. The van der Waals surface area contributed by atoms with Crippen molar-refractivity contribution in [3.8, 4) is 5.75 Å². The molecule has 0 spiro atoms. The van der Waals surface area contributed by atoms with Crippen molar-refractivity contribution in [3.63, 3.8) is 0 Å². The van der Waals surface area contributed by atoms with Gasteiger partial charge in [0.05, 0.1) is 0 Å². The molecular formula is C16H13FN2O2S. The fraction of sp³-hybridized carbons (Fsp3) is 0.125. The summed E-state index contributed by atoms with van der Waals surface area (Å²) >= 11 is 1.43. The van der Waals surface area contributed by atoms with E-state index < -0.39 is 17.6 Å². The smallest absolute Gasteiger partial charge is 0.218 e. The zero-order valence-corrected chi connectivity index (χ0v) is 12.3. The summed E-state index contributed by atoms with van der Waals surface area (Å²) in [6.07, 6.45) is 1.48. The van der Waals surface area contributed by atoms with Gasteiger partial charge in [-0.25, -0.2) is 4.39 Å². The second kappa shape index (κ2) is 5.73. The lowest BCUT2D eigenvalue weighted by Gasteiger charge is -2.17. The second-order valence-electron chi connectivity index (χ2n) is 4.93. The van der Waals surface area contributed by atoms with Gasteiger partial charge in [0.25, 0.3) is 0 Å². The van der Waals surface area contributed by atoms with Gasteiger partial charge in [-0.2, -0.15) is 0 Å². The van der Waals surface area contributed by atoms with Gasteiger partial charge in [0.1, 0.15) is 17.1 Å². The number of halogens is 1. The van der Waals surface area contributed by atoms with Crippen molar-refractivity contribution < 1.29 is 14.3 Å². The molecule has 112 valence electrons. The van der Waals surface area contributed by atoms with Crippen molar-refractivity contribution in [1.29, 1.82) is 0 Å². The Hall–Kier alpha value is -2.47. The minimum Gasteiger partial charge on any atom is -0.505 e. The van der Waals surface area contributed by atoms with Crippen LogP contribution in [0.15, 0.2) is 41.9 Å². The summed E-state index contributed by atoms with van der Waals surface area (Å²) in [5.74, 6) is -1.60. The summed E-state index contributed by atoms with van der Waals surface area (Å²) in [6.45, 7) is 0. The van der Waals surface area contributed by atoms with Gasteiger partial charge < -0.3 is 10.8 Å². The van der Waals surface area contributed by atoms with Gasteiger partial charge in [-0.1, -0.05) is 6.07 Å².